The number of aryl methyl sites for hydroxylation is 1. The molecular weight excluding hydrogens is 608 g/mol. The van der Waals surface area contributed by atoms with Crippen LogP contribution in [0.4, 0.5) is 17.1 Å². The predicted molar refractivity (Wildman–Crippen MR) is 164 cm³/mol. The van der Waals surface area contributed by atoms with Gasteiger partial charge in [-0.2, -0.15) is 0 Å². The van der Waals surface area contributed by atoms with E-state index >= 15 is 0 Å². The van der Waals surface area contributed by atoms with E-state index in [1.165, 1.54) is 36.3 Å². The molecule has 44 heavy (non-hydrogen) atoms. The number of amides is 1. The number of nitrogens with zero attached hydrogens (tertiary/aromatic N) is 3. The fourth-order valence-electron chi connectivity index (χ4n) is 4.87. The number of nitro benzene ring substituents is 1. The van der Waals surface area contributed by atoms with E-state index < -0.39 is 43.5 Å². The molecule has 14 heteroatoms. The molecule has 0 fully saturated rings. The maximum atomic E-state index is 14.3. The normalized spacial score (nSPS) is 15.4. The Balaban J connectivity index is 1.64. The molecule has 1 atom stereocenters. The van der Waals surface area contributed by atoms with Crippen molar-refractivity contribution < 1.29 is 31.3 Å². The molecule has 0 aliphatic carbocycles. The Labute approximate surface area is 254 Å². The van der Waals surface area contributed by atoms with Gasteiger partial charge >= 0.3 is 0 Å². The number of methoxy groups -OCH3 is 1. The Morgan fingerprint density at radius 2 is 1.50 bits per heavy atom. The Hall–Kier alpha value is -4.79. The molecule has 1 unspecified atom stereocenters. The number of carbonyl (C=O) groups excluding carboxylic acids is 1. The van der Waals surface area contributed by atoms with Gasteiger partial charge in [0.25, 0.3) is 21.6 Å². The lowest BCUT2D eigenvalue weighted by Gasteiger charge is -2.33. The number of benzene rings is 4. The molecule has 1 aliphatic rings. The van der Waals surface area contributed by atoms with Crippen molar-refractivity contribution >= 4 is 43.0 Å². The zero-order valence-corrected chi connectivity index (χ0v) is 25.3. The maximum absolute atomic E-state index is 14.3. The molecule has 0 radical (unpaired) electrons. The number of anilines is 2. The molecule has 1 amide bonds. The third-order valence-corrected chi connectivity index (χ3v) is 10.5. The lowest BCUT2D eigenvalue weighted by Crippen LogP contribution is -2.51. The van der Waals surface area contributed by atoms with Crippen LogP contribution < -0.4 is 18.7 Å². The van der Waals surface area contributed by atoms with Gasteiger partial charge in [0.2, 0.25) is 10.0 Å². The molecule has 5 rings (SSSR count). The molecule has 0 bridgehead atoms. The summed E-state index contributed by atoms with van der Waals surface area (Å²) in [6, 6.07) is 22.1. The summed E-state index contributed by atoms with van der Waals surface area (Å²) in [6.45, 7) is 1.18. The molecule has 4 aromatic carbocycles. The summed E-state index contributed by atoms with van der Waals surface area (Å²) in [5.41, 5.74) is 1.09. The summed E-state index contributed by atoms with van der Waals surface area (Å²) < 4.78 is 63.9. The van der Waals surface area contributed by atoms with Crippen LogP contribution in [-0.4, -0.2) is 53.9 Å². The van der Waals surface area contributed by atoms with E-state index in [0.717, 1.165) is 34.1 Å². The standard InChI is InChI=1S/C30H28N4O8S2/c1-21-7-15-26(16-8-21)43(38,39)31-19-24-20-32(22-9-13-25(42-2)14-10-22)30(35)28-5-3-4-6-29(28)33(24)44(40,41)27-17-11-23(12-18-27)34(36)37/h3-18,24,31H,19-20H2,1-2H3. The second kappa shape index (κ2) is 12.1. The number of non-ortho nitro benzene ring substituents is 1. The minimum atomic E-state index is -4.49. The first-order valence-electron chi connectivity index (χ1n) is 13.3. The van der Waals surface area contributed by atoms with Crippen LogP contribution in [0, 0.1) is 17.0 Å². The Bertz CT molecular complexity index is 1910. The fraction of sp³-hybridized carbons (Fsp3) is 0.167. The summed E-state index contributed by atoms with van der Waals surface area (Å²) in [5, 5.41) is 11.2. The van der Waals surface area contributed by atoms with Gasteiger partial charge in [-0.1, -0.05) is 29.8 Å². The largest absolute Gasteiger partial charge is 0.497 e. The second-order valence-corrected chi connectivity index (χ2v) is 13.6. The number of carbonyl (C=O) groups is 1. The van der Waals surface area contributed by atoms with E-state index in [1.54, 1.807) is 48.5 Å². The van der Waals surface area contributed by atoms with Crippen LogP contribution in [0.3, 0.4) is 0 Å². The number of hydrogen-bond acceptors (Lipinski definition) is 8. The van der Waals surface area contributed by atoms with Gasteiger partial charge in [-0.3, -0.25) is 19.2 Å². The monoisotopic (exact) mass is 636 g/mol. The molecular formula is C30H28N4O8S2. The molecule has 1 heterocycles. The van der Waals surface area contributed by atoms with Crippen LogP contribution in [0.25, 0.3) is 0 Å². The van der Waals surface area contributed by atoms with Gasteiger partial charge in [0, 0.05) is 30.9 Å². The first-order chi connectivity index (χ1) is 20.9. The summed E-state index contributed by atoms with van der Waals surface area (Å²) in [6.07, 6.45) is 0. The van der Waals surface area contributed by atoms with Crippen LogP contribution in [0.5, 0.6) is 5.75 Å². The Morgan fingerprint density at radius 3 is 2.11 bits per heavy atom. The number of ether oxygens (including phenoxy) is 1. The number of hydrogen-bond donors (Lipinski definition) is 1. The maximum Gasteiger partial charge on any atom is 0.269 e. The number of fused-ring (bicyclic) bond motifs is 1. The van der Waals surface area contributed by atoms with E-state index in [2.05, 4.69) is 4.72 Å². The molecule has 0 spiro atoms. The van der Waals surface area contributed by atoms with E-state index in [1.807, 2.05) is 6.92 Å². The summed E-state index contributed by atoms with van der Waals surface area (Å²) in [4.78, 5) is 25.7. The van der Waals surface area contributed by atoms with Crippen LogP contribution in [0.15, 0.2) is 107 Å². The first kappa shape index (κ1) is 30.7. The minimum absolute atomic E-state index is 0.00927. The van der Waals surface area contributed by atoms with Crippen LogP contribution in [0.2, 0.25) is 0 Å². The molecule has 228 valence electrons. The molecule has 4 aromatic rings. The summed E-state index contributed by atoms with van der Waals surface area (Å²) in [7, 11) is -7.08. The highest BCUT2D eigenvalue weighted by atomic mass is 32.2. The number of nitro groups is 1. The number of para-hydroxylation sites is 1. The van der Waals surface area contributed by atoms with Crippen molar-refractivity contribution in [2.45, 2.75) is 22.8 Å². The van der Waals surface area contributed by atoms with Crippen molar-refractivity contribution in [3.8, 4) is 5.75 Å². The van der Waals surface area contributed by atoms with Gasteiger partial charge in [0.05, 0.1) is 39.1 Å². The van der Waals surface area contributed by atoms with Crippen LogP contribution >= 0.6 is 0 Å². The zero-order chi connectivity index (χ0) is 31.6. The van der Waals surface area contributed by atoms with Crippen molar-refractivity contribution in [2.24, 2.45) is 0 Å². The fourth-order valence-corrected chi connectivity index (χ4v) is 7.61. The average Bonchev–Trinajstić information content (AvgIpc) is 3.15. The third kappa shape index (κ3) is 6.00. The smallest absolute Gasteiger partial charge is 0.269 e. The van der Waals surface area contributed by atoms with E-state index in [4.69, 9.17) is 4.74 Å². The molecule has 1 N–H and O–H groups in total. The molecule has 12 nitrogen and oxygen atoms in total. The minimum Gasteiger partial charge on any atom is -0.497 e. The first-order valence-corrected chi connectivity index (χ1v) is 16.2. The van der Waals surface area contributed by atoms with Crippen molar-refractivity contribution in [1.82, 2.24) is 4.72 Å². The summed E-state index contributed by atoms with van der Waals surface area (Å²) >= 11 is 0. The van der Waals surface area contributed by atoms with Crippen molar-refractivity contribution in [2.75, 3.05) is 29.4 Å². The average molecular weight is 637 g/mol. The quantitative estimate of drug-likeness (QED) is 0.213. The lowest BCUT2D eigenvalue weighted by molar-refractivity contribution is -0.384. The van der Waals surface area contributed by atoms with Gasteiger partial charge in [-0.15, -0.1) is 0 Å². The molecule has 0 aromatic heterocycles. The molecule has 1 aliphatic heterocycles. The van der Waals surface area contributed by atoms with Crippen molar-refractivity contribution in [3.05, 3.63) is 118 Å². The van der Waals surface area contributed by atoms with Gasteiger partial charge in [-0.05, 0) is 67.6 Å². The molecule has 0 saturated heterocycles. The topological polar surface area (TPSA) is 156 Å². The van der Waals surface area contributed by atoms with E-state index in [9.17, 15) is 31.7 Å². The molecule has 0 saturated carbocycles. The van der Waals surface area contributed by atoms with Gasteiger partial charge in [-0.25, -0.2) is 21.6 Å². The lowest BCUT2D eigenvalue weighted by atomic mass is 10.1. The Morgan fingerprint density at radius 1 is 0.886 bits per heavy atom. The van der Waals surface area contributed by atoms with Crippen LogP contribution in [0.1, 0.15) is 15.9 Å². The zero-order valence-electron chi connectivity index (χ0n) is 23.7. The van der Waals surface area contributed by atoms with E-state index in [0.29, 0.717) is 11.4 Å². The van der Waals surface area contributed by atoms with Crippen molar-refractivity contribution in [3.63, 3.8) is 0 Å². The van der Waals surface area contributed by atoms with Crippen LogP contribution in [-0.2, 0) is 20.0 Å². The highest BCUT2D eigenvalue weighted by Crippen LogP contribution is 2.35. The number of nitrogens with one attached hydrogen (secondary N) is 1. The highest BCUT2D eigenvalue weighted by molar-refractivity contribution is 7.93. The Kier molecular flexibility index (Phi) is 8.41. The number of rotatable bonds is 9. The van der Waals surface area contributed by atoms with Gasteiger partial charge in [0.15, 0.2) is 0 Å². The number of sulfonamides is 2. The third-order valence-electron chi connectivity index (χ3n) is 7.17. The SMILES string of the molecule is COc1ccc(N2CC(CNS(=O)(=O)c3ccc(C)cc3)N(S(=O)(=O)c3ccc([N+](=O)[O-])cc3)c3ccccc3C2=O)cc1. The van der Waals surface area contributed by atoms with Gasteiger partial charge in [0.1, 0.15) is 5.75 Å². The second-order valence-electron chi connectivity index (χ2n) is 10.0. The van der Waals surface area contributed by atoms with E-state index in [-0.39, 0.29) is 33.3 Å². The van der Waals surface area contributed by atoms with Crippen molar-refractivity contribution in [1.29, 1.82) is 0 Å². The predicted octanol–water partition coefficient (Wildman–Crippen LogP) is 4.11. The highest BCUT2D eigenvalue weighted by Gasteiger charge is 2.40. The summed E-state index contributed by atoms with van der Waals surface area (Å²) in [5.74, 6) is 0.0414. The van der Waals surface area contributed by atoms with Gasteiger partial charge < -0.3 is 9.64 Å².